The van der Waals surface area contributed by atoms with Gasteiger partial charge in [-0.15, -0.1) is 0 Å². The van der Waals surface area contributed by atoms with Crippen molar-refractivity contribution < 1.29 is 17.9 Å². The SMILES string of the molecule is CCOc1ccc(N)c(C(F)(F)F)n1. The lowest BCUT2D eigenvalue weighted by molar-refractivity contribution is -0.140. The van der Waals surface area contributed by atoms with E-state index in [-0.39, 0.29) is 12.5 Å². The van der Waals surface area contributed by atoms with Crippen molar-refractivity contribution in [3.8, 4) is 5.88 Å². The molecule has 0 aliphatic heterocycles. The van der Waals surface area contributed by atoms with Gasteiger partial charge in [-0.25, -0.2) is 4.98 Å². The Morgan fingerprint density at radius 2 is 2.07 bits per heavy atom. The molecule has 0 fully saturated rings. The number of rotatable bonds is 2. The zero-order valence-corrected chi connectivity index (χ0v) is 7.43. The first-order valence-electron chi connectivity index (χ1n) is 3.91. The lowest BCUT2D eigenvalue weighted by Crippen LogP contribution is -2.12. The van der Waals surface area contributed by atoms with E-state index in [1.807, 2.05) is 0 Å². The second kappa shape index (κ2) is 3.73. The minimum atomic E-state index is -4.54. The van der Waals surface area contributed by atoms with E-state index in [4.69, 9.17) is 10.5 Å². The van der Waals surface area contributed by atoms with Gasteiger partial charge in [-0.1, -0.05) is 0 Å². The van der Waals surface area contributed by atoms with Crippen LogP contribution in [0.1, 0.15) is 12.6 Å². The average molecular weight is 206 g/mol. The maximum atomic E-state index is 12.3. The van der Waals surface area contributed by atoms with Crippen molar-refractivity contribution in [2.24, 2.45) is 0 Å². The largest absolute Gasteiger partial charge is 0.478 e. The third-order valence-electron chi connectivity index (χ3n) is 1.46. The molecular formula is C8H9F3N2O. The molecule has 3 nitrogen and oxygen atoms in total. The molecule has 1 aromatic heterocycles. The van der Waals surface area contributed by atoms with Gasteiger partial charge < -0.3 is 10.5 Å². The van der Waals surface area contributed by atoms with Gasteiger partial charge in [-0.2, -0.15) is 13.2 Å². The van der Waals surface area contributed by atoms with Crippen molar-refractivity contribution in [3.05, 3.63) is 17.8 Å². The third kappa shape index (κ3) is 2.27. The Kier molecular flexibility index (Phi) is 2.83. The van der Waals surface area contributed by atoms with E-state index in [2.05, 4.69) is 4.98 Å². The molecular weight excluding hydrogens is 197 g/mol. The molecule has 6 heteroatoms. The zero-order chi connectivity index (χ0) is 10.8. The molecule has 0 unspecified atom stereocenters. The first-order chi connectivity index (χ1) is 6.45. The second-order valence-electron chi connectivity index (χ2n) is 2.52. The van der Waals surface area contributed by atoms with Gasteiger partial charge in [-0.05, 0) is 13.0 Å². The van der Waals surface area contributed by atoms with Crippen molar-refractivity contribution in [2.75, 3.05) is 12.3 Å². The van der Waals surface area contributed by atoms with Crippen LogP contribution in [-0.4, -0.2) is 11.6 Å². The number of ether oxygens (including phenoxy) is 1. The Bertz CT molecular complexity index is 325. The summed E-state index contributed by atoms with van der Waals surface area (Å²) in [5, 5.41) is 0. The smallest absolute Gasteiger partial charge is 0.435 e. The van der Waals surface area contributed by atoms with Crippen molar-refractivity contribution in [1.29, 1.82) is 0 Å². The second-order valence-corrected chi connectivity index (χ2v) is 2.52. The number of aromatic nitrogens is 1. The molecule has 0 amide bonds. The van der Waals surface area contributed by atoms with Crippen LogP contribution in [0.25, 0.3) is 0 Å². The van der Waals surface area contributed by atoms with Crippen molar-refractivity contribution in [1.82, 2.24) is 4.98 Å². The van der Waals surface area contributed by atoms with Gasteiger partial charge in [0.05, 0.1) is 12.3 Å². The number of nitrogen functional groups attached to an aromatic ring is 1. The third-order valence-corrected chi connectivity index (χ3v) is 1.46. The molecule has 2 N–H and O–H groups in total. The van der Waals surface area contributed by atoms with Crippen LogP contribution in [0.4, 0.5) is 18.9 Å². The van der Waals surface area contributed by atoms with E-state index in [1.54, 1.807) is 6.92 Å². The van der Waals surface area contributed by atoms with Crippen LogP contribution >= 0.6 is 0 Å². The molecule has 1 rings (SSSR count). The average Bonchev–Trinajstić information content (AvgIpc) is 2.07. The van der Waals surface area contributed by atoms with E-state index in [0.717, 1.165) is 6.07 Å². The predicted molar refractivity (Wildman–Crippen MR) is 44.8 cm³/mol. The normalized spacial score (nSPS) is 11.4. The van der Waals surface area contributed by atoms with Gasteiger partial charge >= 0.3 is 6.18 Å². The molecule has 0 aromatic carbocycles. The van der Waals surface area contributed by atoms with E-state index in [1.165, 1.54) is 6.07 Å². The minimum absolute atomic E-state index is 0.0750. The molecule has 0 atom stereocenters. The number of nitrogens with zero attached hydrogens (tertiary/aromatic N) is 1. The van der Waals surface area contributed by atoms with Crippen LogP contribution in [0.15, 0.2) is 12.1 Å². The highest BCUT2D eigenvalue weighted by atomic mass is 19.4. The quantitative estimate of drug-likeness (QED) is 0.805. The number of hydrogen-bond acceptors (Lipinski definition) is 3. The van der Waals surface area contributed by atoms with Gasteiger partial charge in [0, 0.05) is 6.07 Å². The number of nitrogens with two attached hydrogens (primary N) is 1. The van der Waals surface area contributed by atoms with E-state index >= 15 is 0 Å². The van der Waals surface area contributed by atoms with Crippen molar-refractivity contribution >= 4 is 5.69 Å². The van der Waals surface area contributed by atoms with Crippen molar-refractivity contribution in [3.63, 3.8) is 0 Å². The molecule has 0 radical (unpaired) electrons. The summed E-state index contributed by atoms with van der Waals surface area (Å²) in [6, 6.07) is 2.43. The van der Waals surface area contributed by atoms with E-state index in [9.17, 15) is 13.2 Å². The topological polar surface area (TPSA) is 48.1 Å². The minimum Gasteiger partial charge on any atom is -0.478 e. The predicted octanol–water partition coefficient (Wildman–Crippen LogP) is 2.08. The molecule has 14 heavy (non-hydrogen) atoms. The van der Waals surface area contributed by atoms with Crippen LogP contribution in [0.2, 0.25) is 0 Å². The molecule has 0 spiro atoms. The van der Waals surface area contributed by atoms with Crippen molar-refractivity contribution in [2.45, 2.75) is 13.1 Å². The van der Waals surface area contributed by atoms with Gasteiger partial charge in [0.15, 0.2) is 5.69 Å². The maximum Gasteiger partial charge on any atom is 0.435 e. The van der Waals surface area contributed by atoms with Crippen LogP contribution < -0.4 is 10.5 Å². The van der Waals surface area contributed by atoms with Crippen LogP contribution in [0, 0.1) is 0 Å². The summed E-state index contributed by atoms with van der Waals surface area (Å²) in [6.45, 7) is 1.92. The first-order valence-corrected chi connectivity index (χ1v) is 3.91. The zero-order valence-electron chi connectivity index (χ0n) is 7.43. The van der Waals surface area contributed by atoms with Gasteiger partial charge in [0.2, 0.25) is 5.88 Å². The van der Waals surface area contributed by atoms with E-state index in [0.29, 0.717) is 0 Å². The Morgan fingerprint density at radius 1 is 1.43 bits per heavy atom. The van der Waals surface area contributed by atoms with Gasteiger partial charge in [0.1, 0.15) is 0 Å². The number of hydrogen-bond donors (Lipinski definition) is 1. The molecule has 0 saturated heterocycles. The molecule has 1 aromatic rings. The standard InChI is InChI=1S/C8H9F3N2O/c1-2-14-6-4-3-5(12)7(13-6)8(9,10)11/h3-4H,2,12H2,1H3. The molecule has 0 saturated carbocycles. The highest BCUT2D eigenvalue weighted by Crippen LogP contribution is 2.32. The summed E-state index contributed by atoms with van der Waals surface area (Å²) in [6.07, 6.45) is -4.54. The Morgan fingerprint density at radius 3 is 2.57 bits per heavy atom. The monoisotopic (exact) mass is 206 g/mol. The lowest BCUT2D eigenvalue weighted by atomic mass is 10.3. The highest BCUT2D eigenvalue weighted by molar-refractivity contribution is 5.45. The first kappa shape index (κ1) is 10.6. The lowest BCUT2D eigenvalue weighted by Gasteiger charge is -2.10. The van der Waals surface area contributed by atoms with Gasteiger partial charge in [-0.3, -0.25) is 0 Å². The fourth-order valence-corrected chi connectivity index (χ4v) is 0.907. The summed E-state index contributed by atoms with van der Waals surface area (Å²) >= 11 is 0. The summed E-state index contributed by atoms with van der Waals surface area (Å²) in [5.41, 5.74) is 3.62. The fourth-order valence-electron chi connectivity index (χ4n) is 0.907. The van der Waals surface area contributed by atoms with Crippen LogP contribution in [0.5, 0.6) is 5.88 Å². The Hall–Kier alpha value is -1.46. The van der Waals surface area contributed by atoms with Gasteiger partial charge in [0.25, 0.3) is 0 Å². The molecule has 0 bridgehead atoms. The fraction of sp³-hybridized carbons (Fsp3) is 0.375. The number of anilines is 1. The molecule has 1 heterocycles. The molecule has 78 valence electrons. The summed E-state index contributed by atoms with van der Waals surface area (Å²) in [7, 11) is 0. The van der Waals surface area contributed by atoms with E-state index < -0.39 is 17.6 Å². The number of alkyl halides is 3. The summed E-state index contributed by atoms with van der Waals surface area (Å²) in [5.74, 6) is -0.0750. The number of pyridine rings is 1. The summed E-state index contributed by atoms with van der Waals surface area (Å²) < 4.78 is 41.6. The van der Waals surface area contributed by atoms with Crippen LogP contribution in [-0.2, 0) is 6.18 Å². The Balaban J connectivity index is 3.09. The molecule has 0 aliphatic rings. The molecule has 0 aliphatic carbocycles. The van der Waals surface area contributed by atoms with Crippen LogP contribution in [0.3, 0.4) is 0 Å². The maximum absolute atomic E-state index is 12.3. The summed E-state index contributed by atoms with van der Waals surface area (Å²) in [4.78, 5) is 3.26. The number of halogens is 3. The highest BCUT2D eigenvalue weighted by Gasteiger charge is 2.35. The Labute approximate surface area is 78.7 Å².